The largest absolute Gasteiger partial charge is 0.508 e. The second-order valence-corrected chi connectivity index (χ2v) is 9.77. The Labute approximate surface area is 257 Å². The van der Waals surface area contributed by atoms with E-state index in [9.17, 15) is 19.2 Å². The van der Waals surface area contributed by atoms with E-state index in [-0.39, 0.29) is 12.2 Å². The van der Waals surface area contributed by atoms with E-state index < -0.39 is 48.0 Å². The summed E-state index contributed by atoms with van der Waals surface area (Å²) in [6.07, 6.45) is 5.31. The summed E-state index contributed by atoms with van der Waals surface area (Å²) in [6, 6.07) is 12.6. The molecular weight excluding hydrogens is 574 g/mol. The molecule has 2 rings (SSSR count). The Morgan fingerprint density at radius 2 is 0.977 bits per heavy atom. The topological polar surface area (TPSA) is 300 Å². The summed E-state index contributed by atoms with van der Waals surface area (Å²) in [4.78, 5) is 41.0. The SMILES string of the molecule is CCCC[C@H](N)C(=O)O.NCCCC[C@H](N)C(=O)O.N[C@@H](Cc1ccc(O)cc1)C(=O)O.N[C@@H](Cc1ccccc1)C(=O)O. The number of phenolic OH excluding ortho intramolecular Hbond substituents is 1. The molecule has 0 unspecified atom stereocenters. The average molecular weight is 624 g/mol. The summed E-state index contributed by atoms with van der Waals surface area (Å²) in [5, 5.41) is 42.6. The fourth-order valence-electron chi connectivity index (χ4n) is 3.11. The van der Waals surface area contributed by atoms with Gasteiger partial charge in [0.1, 0.15) is 29.9 Å². The van der Waals surface area contributed by atoms with Crippen LogP contribution >= 0.6 is 0 Å². The van der Waals surface area contributed by atoms with Gasteiger partial charge in [0.05, 0.1) is 0 Å². The maximum absolute atomic E-state index is 10.4. The molecule has 15 N–H and O–H groups in total. The zero-order valence-electron chi connectivity index (χ0n) is 25.1. The Morgan fingerprint density at radius 3 is 1.34 bits per heavy atom. The monoisotopic (exact) mass is 623 g/mol. The van der Waals surface area contributed by atoms with Crippen molar-refractivity contribution in [1.29, 1.82) is 0 Å². The zero-order chi connectivity index (χ0) is 34.1. The van der Waals surface area contributed by atoms with E-state index in [0.717, 1.165) is 36.8 Å². The highest BCUT2D eigenvalue weighted by molar-refractivity contribution is 5.74. The van der Waals surface area contributed by atoms with E-state index in [2.05, 4.69) is 0 Å². The lowest BCUT2D eigenvalue weighted by Crippen LogP contribution is -2.32. The van der Waals surface area contributed by atoms with Crippen molar-refractivity contribution < 1.29 is 44.7 Å². The summed E-state index contributed by atoms with van der Waals surface area (Å²) >= 11 is 0. The number of unbranched alkanes of at least 4 members (excludes halogenated alkanes) is 2. The molecule has 44 heavy (non-hydrogen) atoms. The van der Waals surface area contributed by atoms with Crippen LogP contribution in [0.15, 0.2) is 54.6 Å². The Morgan fingerprint density at radius 1 is 0.591 bits per heavy atom. The van der Waals surface area contributed by atoms with Gasteiger partial charge in [-0.25, -0.2) is 0 Å². The van der Waals surface area contributed by atoms with Gasteiger partial charge in [-0.2, -0.15) is 0 Å². The molecule has 0 heterocycles. The molecule has 0 spiro atoms. The van der Waals surface area contributed by atoms with E-state index in [1.807, 2.05) is 37.3 Å². The van der Waals surface area contributed by atoms with Crippen LogP contribution < -0.4 is 28.7 Å². The molecule has 0 saturated carbocycles. The standard InChI is InChI=1S/C9H11NO3.C9H11NO2.C6H14N2O2.C6H13NO2/c10-8(9(12)13)5-6-1-3-7(11)4-2-6;10-8(9(11)12)6-7-4-2-1-3-5-7;7-4-2-1-3-5(8)6(9)10;1-2-3-4-5(7)6(8)9/h1-4,8,11H,5,10H2,(H,12,13);1-5,8H,6,10H2,(H,11,12);5H,1-4,7-8H2,(H,9,10);5H,2-4,7H2,1H3,(H,8,9)/t2*8-;2*5-/m0000/s1. The van der Waals surface area contributed by atoms with Gasteiger partial charge in [-0.05, 0) is 61.9 Å². The average Bonchev–Trinajstić information content (AvgIpc) is 2.98. The van der Waals surface area contributed by atoms with Crippen LogP contribution in [0.5, 0.6) is 5.75 Å². The van der Waals surface area contributed by atoms with Crippen LogP contribution in [0.3, 0.4) is 0 Å². The van der Waals surface area contributed by atoms with E-state index >= 15 is 0 Å². The summed E-state index contributed by atoms with van der Waals surface area (Å²) in [5.41, 5.74) is 28.0. The lowest BCUT2D eigenvalue weighted by molar-refractivity contribution is -0.139. The first-order valence-electron chi connectivity index (χ1n) is 14.1. The molecular formula is C30H49N5O9. The molecule has 14 heteroatoms. The number of nitrogens with two attached hydrogens (primary N) is 5. The molecule has 0 aliphatic rings. The van der Waals surface area contributed by atoms with Crippen molar-refractivity contribution in [2.75, 3.05) is 6.54 Å². The number of carboxylic acid groups (broad SMARTS) is 4. The number of phenols is 1. The zero-order valence-corrected chi connectivity index (χ0v) is 25.1. The minimum Gasteiger partial charge on any atom is -0.508 e. The summed E-state index contributed by atoms with van der Waals surface area (Å²) in [7, 11) is 0. The number of aliphatic carboxylic acids is 4. The lowest BCUT2D eigenvalue weighted by atomic mass is 10.1. The van der Waals surface area contributed by atoms with Crippen molar-refractivity contribution in [3.05, 3.63) is 65.7 Å². The number of aromatic hydroxyl groups is 1. The molecule has 0 aliphatic heterocycles. The molecule has 0 radical (unpaired) electrons. The fraction of sp³-hybridized carbons (Fsp3) is 0.467. The van der Waals surface area contributed by atoms with Gasteiger partial charge in [-0.3, -0.25) is 19.2 Å². The van der Waals surface area contributed by atoms with Gasteiger partial charge in [-0.15, -0.1) is 0 Å². The van der Waals surface area contributed by atoms with Crippen LogP contribution in [0.2, 0.25) is 0 Å². The number of hydrogen-bond donors (Lipinski definition) is 10. The van der Waals surface area contributed by atoms with E-state index in [1.165, 1.54) is 12.1 Å². The third kappa shape index (κ3) is 23.5. The second-order valence-electron chi connectivity index (χ2n) is 9.77. The van der Waals surface area contributed by atoms with Crippen LogP contribution in [-0.2, 0) is 32.0 Å². The van der Waals surface area contributed by atoms with Crippen molar-refractivity contribution >= 4 is 23.9 Å². The Balaban J connectivity index is 0. The Hall–Kier alpha value is -4.08. The minimum absolute atomic E-state index is 0.160. The van der Waals surface area contributed by atoms with Crippen molar-refractivity contribution in [1.82, 2.24) is 0 Å². The summed E-state index contributed by atoms with van der Waals surface area (Å²) < 4.78 is 0. The normalized spacial score (nSPS) is 12.7. The summed E-state index contributed by atoms with van der Waals surface area (Å²) in [6.45, 7) is 2.61. The van der Waals surface area contributed by atoms with Gasteiger partial charge >= 0.3 is 23.9 Å². The molecule has 4 atom stereocenters. The smallest absolute Gasteiger partial charge is 0.320 e. The van der Waals surface area contributed by atoms with Crippen LogP contribution in [-0.4, -0.2) is 80.1 Å². The van der Waals surface area contributed by atoms with Gasteiger partial charge in [0, 0.05) is 0 Å². The highest BCUT2D eigenvalue weighted by atomic mass is 16.4. The quantitative estimate of drug-likeness (QED) is 0.124. The molecule has 14 nitrogen and oxygen atoms in total. The number of carboxylic acids is 4. The fourth-order valence-corrected chi connectivity index (χ4v) is 3.11. The first-order valence-corrected chi connectivity index (χ1v) is 14.1. The first-order chi connectivity index (χ1) is 20.7. The number of benzene rings is 2. The lowest BCUT2D eigenvalue weighted by Gasteiger charge is -2.05. The molecule has 0 fully saturated rings. The van der Waals surface area contributed by atoms with Crippen LogP contribution in [0.25, 0.3) is 0 Å². The Bertz CT molecular complexity index is 1070. The van der Waals surface area contributed by atoms with Gasteiger partial charge in [0.2, 0.25) is 0 Å². The first kappa shape index (κ1) is 42.1. The van der Waals surface area contributed by atoms with Crippen molar-refractivity contribution in [2.24, 2.45) is 28.7 Å². The van der Waals surface area contributed by atoms with Crippen LogP contribution in [0.4, 0.5) is 0 Å². The second kappa shape index (κ2) is 25.4. The summed E-state index contributed by atoms with van der Waals surface area (Å²) in [5.74, 6) is -3.65. The van der Waals surface area contributed by atoms with E-state index in [0.29, 0.717) is 25.8 Å². The predicted octanol–water partition coefficient (Wildman–Crippen LogP) is 1.10. The van der Waals surface area contributed by atoms with Gasteiger partial charge in [0.25, 0.3) is 0 Å². The molecule has 0 aromatic heterocycles. The number of hydrogen-bond acceptors (Lipinski definition) is 10. The third-order valence-corrected chi connectivity index (χ3v) is 5.80. The van der Waals surface area contributed by atoms with Crippen LogP contribution in [0, 0.1) is 0 Å². The highest BCUT2D eigenvalue weighted by Crippen LogP contribution is 2.10. The van der Waals surface area contributed by atoms with Gasteiger partial charge in [-0.1, -0.05) is 68.7 Å². The van der Waals surface area contributed by atoms with Crippen LogP contribution in [0.1, 0.15) is 56.6 Å². The highest BCUT2D eigenvalue weighted by Gasteiger charge is 2.12. The molecule has 2 aromatic carbocycles. The van der Waals surface area contributed by atoms with E-state index in [4.69, 9.17) is 54.2 Å². The Kier molecular flexibility index (Phi) is 24.3. The molecule has 0 aliphatic carbocycles. The van der Waals surface area contributed by atoms with E-state index in [1.54, 1.807) is 12.1 Å². The number of rotatable bonds is 15. The molecule has 0 amide bonds. The van der Waals surface area contributed by atoms with Crippen molar-refractivity contribution in [3.8, 4) is 5.75 Å². The maximum Gasteiger partial charge on any atom is 0.320 e. The third-order valence-electron chi connectivity index (χ3n) is 5.80. The molecule has 2 aromatic rings. The molecule has 248 valence electrons. The van der Waals surface area contributed by atoms with Crippen molar-refractivity contribution in [2.45, 2.75) is 82.5 Å². The predicted molar refractivity (Wildman–Crippen MR) is 167 cm³/mol. The van der Waals surface area contributed by atoms with Gasteiger partial charge < -0.3 is 54.2 Å². The van der Waals surface area contributed by atoms with Gasteiger partial charge in [0.15, 0.2) is 0 Å². The van der Waals surface area contributed by atoms with Crippen molar-refractivity contribution in [3.63, 3.8) is 0 Å². The molecule has 0 saturated heterocycles. The molecule has 0 bridgehead atoms. The minimum atomic E-state index is -1.02. The maximum atomic E-state index is 10.4. The number of carbonyl (C=O) groups is 4.